The number of ketones is 1. The first-order chi connectivity index (χ1) is 17.4. The summed E-state index contributed by atoms with van der Waals surface area (Å²) in [5.41, 5.74) is 6.62. The minimum absolute atomic E-state index is 0.0467. The molecule has 2 radical (unpaired) electrons. The molecule has 1 atom stereocenters. The molecule has 36 heavy (non-hydrogen) atoms. The number of carbonyl (C=O) groups is 1. The van der Waals surface area contributed by atoms with Crippen LogP contribution in [-0.2, 0) is 0 Å². The molecule has 4 aromatic rings. The van der Waals surface area contributed by atoms with Crippen LogP contribution in [-0.4, -0.2) is 35.3 Å². The molecule has 0 spiro atoms. The van der Waals surface area contributed by atoms with Crippen LogP contribution in [0.4, 0.5) is 0 Å². The Balaban J connectivity index is 0.000000295. The fourth-order valence-corrected chi connectivity index (χ4v) is 3.81. The standard InChI is InChI=1S/C18H19N3O2.C10H13B.C2H6/c1-4-5-16(22)14-11-18-19-9-8-15(21(18)20-14)13-7-6-12(2)17(10-13)23-3;1-3-10(11)9-7-5-4-6-8(9)2;1-2/h6-11H,4-5H2,1-3H3;4-7,10H,3H2,1-2H3;1-2H3. The second kappa shape index (κ2) is 14.2. The quantitative estimate of drug-likeness (QED) is 0.204. The van der Waals surface area contributed by atoms with E-state index in [0.717, 1.165) is 35.4 Å². The van der Waals surface area contributed by atoms with Crippen molar-refractivity contribution >= 4 is 19.3 Å². The third-order valence-electron chi connectivity index (χ3n) is 5.85. The van der Waals surface area contributed by atoms with Crippen molar-refractivity contribution in [3.8, 4) is 17.0 Å². The largest absolute Gasteiger partial charge is 0.496 e. The summed E-state index contributed by atoms with van der Waals surface area (Å²) in [7, 11) is 7.55. The Hall–Kier alpha value is -3.41. The van der Waals surface area contributed by atoms with Crippen molar-refractivity contribution in [1.29, 1.82) is 0 Å². The SMILES string of the molecule is CC.CCCC(=O)c1cc2nccc(-c3ccc(C)c(OC)c3)n2n1.[B]C(CC)c1ccccc1C. The van der Waals surface area contributed by atoms with Gasteiger partial charge in [-0.25, -0.2) is 9.50 Å². The Kier molecular flexibility index (Phi) is 11.4. The van der Waals surface area contributed by atoms with Crippen LogP contribution in [0.5, 0.6) is 5.75 Å². The number of methoxy groups -OCH3 is 1. The summed E-state index contributed by atoms with van der Waals surface area (Å²) in [5.74, 6) is 1.07. The lowest BCUT2D eigenvalue weighted by atomic mass is 9.77. The molecule has 0 aliphatic heterocycles. The predicted molar refractivity (Wildman–Crippen MR) is 150 cm³/mol. The van der Waals surface area contributed by atoms with Crippen molar-refractivity contribution in [2.75, 3.05) is 7.11 Å². The highest BCUT2D eigenvalue weighted by atomic mass is 16.5. The number of Topliss-reactive ketones (excluding diaryl/α,β-unsaturated/α-hetero) is 1. The molecule has 0 aliphatic rings. The van der Waals surface area contributed by atoms with Crippen molar-refractivity contribution in [3.05, 3.63) is 83.2 Å². The number of rotatable bonds is 7. The monoisotopic (exact) mass is 483 g/mol. The van der Waals surface area contributed by atoms with Crippen molar-refractivity contribution in [3.63, 3.8) is 0 Å². The number of hydrogen-bond acceptors (Lipinski definition) is 4. The number of aromatic nitrogens is 3. The summed E-state index contributed by atoms with van der Waals surface area (Å²) >= 11 is 0. The molecular formula is C30H38BN3O2. The van der Waals surface area contributed by atoms with Gasteiger partial charge in [0.15, 0.2) is 11.4 Å². The second-order valence-corrected chi connectivity index (χ2v) is 8.36. The first kappa shape index (κ1) is 28.8. The lowest BCUT2D eigenvalue weighted by Crippen LogP contribution is -2.01. The van der Waals surface area contributed by atoms with Gasteiger partial charge in [0.2, 0.25) is 0 Å². The zero-order chi connectivity index (χ0) is 26.7. The van der Waals surface area contributed by atoms with Crippen LogP contribution >= 0.6 is 0 Å². The predicted octanol–water partition coefficient (Wildman–Crippen LogP) is 7.34. The van der Waals surface area contributed by atoms with Crippen LogP contribution in [0.3, 0.4) is 0 Å². The summed E-state index contributed by atoms with van der Waals surface area (Å²) < 4.78 is 7.11. The summed E-state index contributed by atoms with van der Waals surface area (Å²) in [4.78, 5) is 16.4. The van der Waals surface area contributed by atoms with Crippen molar-refractivity contribution in [2.45, 2.75) is 66.6 Å². The van der Waals surface area contributed by atoms with E-state index in [-0.39, 0.29) is 11.6 Å². The number of benzene rings is 2. The normalized spacial score (nSPS) is 11.1. The minimum Gasteiger partial charge on any atom is -0.496 e. The molecule has 0 saturated heterocycles. The third kappa shape index (κ3) is 7.06. The van der Waals surface area contributed by atoms with Crippen LogP contribution in [0.1, 0.15) is 80.0 Å². The smallest absolute Gasteiger partial charge is 0.183 e. The molecule has 2 aromatic carbocycles. The van der Waals surface area contributed by atoms with Gasteiger partial charge in [-0.2, -0.15) is 5.10 Å². The molecule has 1 unspecified atom stereocenters. The molecule has 2 aromatic heterocycles. The molecule has 5 nitrogen and oxygen atoms in total. The molecule has 6 heteroatoms. The average Bonchev–Trinajstić information content (AvgIpc) is 3.35. The Labute approximate surface area is 217 Å². The Morgan fingerprint density at radius 3 is 2.39 bits per heavy atom. The fraction of sp³-hybridized carbons (Fsp3) is 0.367. The molecule has 0 aliphatic carbocycles. The summed E-state index contributed by atoms with van der Waals surface area (Å²) in [6, 6.07) is 17.9. The Morgan fingerprint density at radius 2 is 1.75 bits per heavy atom. The van der Waals surface area contributed by atoms with E-state index in [2.05, 4.69) is 36.1 Å². The zero-order valence-electron chi connectivity index (χ0n) is 22.7. The van der Waals surface area contributed by atoms with Crippen LogP contribution in [0.25, 0.3) is 16.9 Å². The van der Waals surface area contributed by atoms with Crippen LogP contribution < -0.4 is 4.74 Å². The first-order valence-corrected chi connectivity index (χ1v) is 12.7. The fourth-order valence-electron chi connectivity index (χ4n) is 3.81. The highest BCUT2D eigenvalue weighted by Gasteiger charge is 2.14. The minimum atomic E-state index is 0.0467. The number of ether oxygens (including phenoxy) is 1. The van der Waals surface area contributed by atoms with Crippen LogP contribution in [0.15, 0.2) is 60.8 Å². The van der Waals surface area contributed by atoms with Crippen molar-refractivity contribution in [1.82, 2.24) is 14.6 Å². The van der Waals surface area contributed by atoms with E-state index in [1.807, 2.05) is 64.1 Å². The molecule has 0 bridgehead atoms. The van der Waals surface area contributed by atoms with Gasteiger partial charge in [-0.1, -0.05) is 81.9 Å². The average molecular weight is 483 g/mol. The second-order valence-electron chi connectivity index (χ2n) is 8.36. The molecule has 0 fully saturated rings. The van der Waals surface area contributed by atoms with Gasteiger partial charge in [-0.05, 0) is 43.5 Å². The molecule has 0 amide bonds. The molecule has 188 valence electrons. The van der Waals surface area contributed by atoms with E-state index in [1.165, 1.54) is 11.1 Å². The van der Waals surface area contributed by atoms with E-state index in [9.17, 15) is 4.79 Å². The van der Waals surface area contributed by atoms with Crippen LogP contribution in [0, 0.1) is 13.8 Å². The summed E-state index contributed by atoms with van der Waals surface area (Å²) in [5, 5.41) is 4.45. The Bertz CT molecular complexity index is 1270. The number of nitrogens with zero attached hydrogens (tertiary/aromatic N) is 3. The molecule has 0 saturated carbocycles. The van der Waals surface area contributed by atoms with Gasteiger partial charge < -0.3 is 4.74 Å². The van der Waals surface area contributed by atoms with E-state index >= 15 is 0 Å². The number of hydrogen-bond donors (Lipinski definition) is 0. The van der Waals surface area contributed by atoms with E-state index in [0.29, 0.717) is 17.8 Å². The van der Waals surface area contributed by atoms with Gasteiger partial charge in [0.05, 0.1) is 20.7 Å². The molecule has 2 heterocycles. The van der Waals surface area contributed by atoms with Gasteiger partial charge in [-0.3, -0.25) is 4.79 Å². The zero-order valence-corrected chi connectivity index (χ0v) is 22.7. The van der Waals surface area contributed by atoms with E-state index in [4.69, 9.17) is 12.6 Å². The maximum absolute atomic E-state index is 12.1. The van der Waals surface area contributed by atoms with Gasteiger partial charge in [0.25, 0.3) is 0 Å². The summed E-state index contributed by atoms with van der Waals surface area (Å²) in [6.07, 6.45) is 4.04. The lowest BCUT2D eigenvalue weighted by molar-refractivity contribution is 0.0976. The van der Waals surface area contributed by atoms with Crippen molar-refractivity contribution in [2.24, 2.45) is 0 Å². The maximum Gasteiger partial charge on any atom is 0.183 e. The number of carbonyl (C=O) groups excluding carboxylic acids is 1. The number of aryl methyl sites for hydroxylation is 2. The van der Waals surface area contributed by atoms with Gasteiger partial charge in [-0.15, -0.1) is 0 Å². The third-order valence-corrected chi connectivity index (χ3v) is 5.85. The number of fused-ring (bicyclic) bond motifs is 1. The maximum atomic E-state index is 12.1. The van der Waals surface area contributed by atoms with Gasteiger partial charge in [0.1, 0.15) is 11.4 Å². The van der Waals surface area contributed by atoms with Gasteiger partial charge >= 0.3 is 0 Å². The molecule has 4 rings (SSSR count). The van der Waals surface area contributed by atoms with E-state index < -0.39 is 0 Å². The lowest BCUT2D eigenvalue weighted by Gasteiger charge is -2.11. The highest BCUT2D eigenvalue weighted by Crippen LogP contribution is 2.27. The summed E-state index contributed by atoms with van der Waals surface area (Å²) in [6.45, 7) is 12.2. The highest BCUT2D eigenvalue weighted by molar-refractivity contribution is 6.12. The Morgan fingerprint density at radius 1 is 1.03 bits per heavy atom. The molecule has 0 N–H and O–H groups in total. The van der Waals surface area contributed by atoms with Gasteiger partial charge in [0, 0.05) is 24.2 Å². The van der Waals surface area contributed by atoms with E-state index in [1.54, 1.807) is 23.9 Å². The van der Waals surface area contributed by atoms with Crippen molar-refractivity contribution < 1.29 is 9.53 Å². The van der Waals surface area contributed by atoms with Crippen LogP contribution in [0.2, 0.25) is 0 Å². The first-order valence-electron chi connectivity index (χ1n) is 12.7. The topological polar surface area (TPSA) is 56.5 Å². The molecular weight excluding hydrogens is 445 g/mol.